The van der Waals surface area contributed by atoms with Crippen molar-refractivity contribution in [2.45, 2.75) is 13.8 Å². The lowest BCUT2D eigenvalue weighted by Gasteiger charge is -1.94. The first-order valence-corrected chi connectivity index (χ1v) is 5.27. The molecule has 1 rings (SSSR count). The second kappa shape index (κ2) is 7.35. The molecule has 82 valence electrons. The summed E-state index contributed by atoms with van der Waals surface area (Å²) in [5.74, 6) is 0. The Kier molecular flexibility index (Phi) is 5.56. The van der Waals surface area contributed by atoms with Crippen molar-refractivity contribution in [2.24, 2.45) is 9.98 Å². The van der Waals surface area contributed by atoms with Gasteiger partial charge in [-0.05, 0) is 50.3 Å². The molecule has 2 nitrogen and oxygen atoms in total. The Labute approximate surface area is 96.8 Å². The number of aliphatic imine (C=N–C) groups is 2. The predicted molar refractivity (Wildman–Crippen MR) is 72.4 cm³/mol. The molecule has 0 spiro atoms. The number of rotatable bonds is 4. The first-order valence-electron chi connectivity index (χ1n) is 5.27. The summed E-state index contributed by atoms with van der Waals surface area (Å²) in [4.78, 5) is 8.51. The van der Waals surface area contributed by atoms with Gasteiger partial charge in [0, 0.05) is 12.4 Å². The molecular formula is C14H16N2. The third-order valence-electron chi connectivity index (χ3n) is 1.85. The zero-order valence-corrected chi connectivity index (χ0v) is 9.67. The van der Waals surface area contributed by atoms with Crippen LogP contribution in [0.5, 0.6) is 0 Å². The number of benzene rings is 1. The van der Waals surface area contributed by atoms with Crippen LogP contribution in [-0.4, -0.2) is 12.4 Å². The van der Waals surface area contributed by atoms with Crippen LogP contribution in [0.3, 0.4) is 0 Å². The molecule has 0 heterocycles. The van der Waals surface area contributed by atoms with Crippen LogP contribution in [-0.2, 0) is 0 Å². The van der Waals surface area contributed by atoms with Crippen LogP contribution in [0.1, 0.15) is 13.8 Å². The fraction of sp³-hybridized carbons (Fsp3) is 0.143. The van der Waals surface area contributed by atoms with E-state index in [0.29, 0.717) is 0 Å². The number of allylic oxidation sites excluding steroid dienone is 4. The molecule has 0 atom stereocenters. The molecule has 2 heteroatoms. The molecule has 0 amide bonds. The van der Waals surface area contributed by atoms with Crippen molar-refractivity contribution < 1.29 is 0 Å². The quantitative estimate of drug-likeness (QED) is 0.667. The van der Waals surface area contributed by atoms with Crippen LogP contribution in [0.25, 0.3) is 0 Å². The maximum atomic E-state index is 4.26. The van der Waals surface area contributed by atoms with Gasteiger partial charge >= 0.3 is 0 Å². The van der Waals surface area contributed by atoms with Gasteiger partial charge in [0.05, 0.1) is 11.4 Å². The van der Waals surface area contributed by atoms with E-state index in [9.17, 15) is 0 Å². The maximum absolute atomic E-state index is 4.26. The Balaban J connectivity index is 2.67. The Morgan fingerprint density at radius 3 is 1.44 bits per heavy atom. The molecule has 0 saturated heterocycles. The number of hydrogen-bond donors (Lipinski definition) is 0. The molecule has 0 saturated carbocycles. The van der Waals surface area contributed by atoms with Gasteiger partial charge in [-0.2, -0.15) is 0 Å². The standard InChI is InChI=1S/C14H16N2/c1-3-5-11-15-13-7-9-14(10-8-13)16-12-6-4-2/h3-12H,1-2H3. The van der Waals surface area contributed by atoms with Gasteiger partial charge in [-0.1, -0.05) is 12.2 Å². The average Bonchev–Trinajstić information content (AvgIpc) is 2.32. The lowest BCUT2D eigenvalue weighted by molar-refractivity contribution is 1.49. The van der Waals surface area contributed by atoms with Gasteiger partial charge in [0.15, 0.2) is 0 Å². The van der Waals surface area contributed by atoms with Crippen LogP contribution in [0.4, 0.5) is 11.4 Å². The molecule has 0 aliphatic carbocycles. The Morgan fingerprint density at radius 1 is 0.750 bits per heavy atom. The smallest absolute Gasteiger partial charge is 0.0631 e. The molecule has 0 aliphatic heterocycles. The van der Waals surface area contributed by atoms with Gasteiger partial charge in [-0.25, -0.2) is 0 Å². The Morgan fingerprint density at radius 2 is 1.12 bits per heavy atom. The largest absolute Gasteiger partial charge is 0.257 e. The predicted octanol–water partition coefficient (Wildman–Crippen LogP) is 4.24. The monoisotopic (exact) mass is 212 g/mol. The van der Waals surface area contributed by atoms with E-state index in [2.05, 4.69) is 9.98 Å². The number of nitrogens with zero attached hydrogens (tertiary/aromatic N) is 2. The lowest BCUT2D eigenvalue weighted by atomic mass is 10.3. The summed E-state index contributed by atoms with van der Waals surface area (Å²) < 4.78 is 0. The summed E-state index contributed by atoms with van der Waals surface area (Å²) in [5.41, 5.74) is 1.87. The molecule has 0 N–H and O–H groups in total. The summed E-state index contributed by atoms with van der Waals surface area (Å²) in [7, 11) is 0. The first-order chi connectivity index (χ1) is 7.86. The van der Waals surface area contributed by atoms with Crippen molar-refractivity contribution in [1.82, 2.24) is 0 Å². The third kappa shape index (κ3) is 4.51. The second-order valence-electron chi connectivity index (χ2n) is 3.12. The summed E-state index contributed by atoms with van der Waals surface area (Å²) in [6.07, 6.45) is 11.2. The molecular weight excluding hydrogens is 196 g/mol. The molecule has 16 heavy (non-hydrogen) atoms. The van der Waals surface area contributed by atoms with Gasteiger partial charge < -0.3 is 0 Å². The molecule has 0 bridgehead atoms. The third-order valence-corrected chi connectivity index (χ3v) is 1.85. The summed E-state index contributed by atoms with van der Waals surface area (Å²) in [6.45, 7) is 3.93. The fourth-order valence-electron chi connectivity index (χ4n) is 1.06. The SMILES string of the molecule is CC=CC=Nc1ccc(N=CC=CC)cc1. The van der Waals surface area contributed by atoms with Gasteiger partial charge in [-0.3, -0.25) is 9.98 Å². The zero-order valence-electron chi connectivity index (χ0n) is 9.67. The van der Waals surface area contributed by atoms with E-state index >= 15 is 0 Å². The van der Waals surface area contributed by atoms with Crippen LogP contribution in [0, 0.1) is 0 Å². The van der Waals surface area contributed by atoms with E-state index in [1.807, 2.05) is 62.4 Å². The van der Waals surface area contributed by atoms with E-state index in [-0.39, 0.29) is 0 Å². The average molecular weight is 212 g/mol. The molecule has 1 aromatic rings. The van der Waals surface area contributed by atoms with E-state index in [0.717, 1.165) is 11.4 Å². The van der Waals surface area contributed by atoms with Crippen LogP contribution in [0.2, 0.25) is 0 Å². The molecule has 0 aliphatic rings. The summed E-state index contributed by atoms with van der Waals surface area (Å²) >= 11 is 0. The van der Waals surface area contributed by atoms with E-state index in [1.54, 1.807) is 12.4 Å². The van der Waals surface area contributed by atoms with Crippen LogP contribution in [0.15, 0.2) is 58.6 Å². The Hall–Kier alpha value is -1.96. The van der Waals surface area contributed by atoms with Crippen molar-refractivity contribution in [3.63, 3.8) is 0 Å². The highest BCUT2D eigenvalue weighted by Gasteiger charge is 1.88. The van der Waals surface area contributed by atoms with Crippen LogP contribution < -0.4 is 0 Å². The van der Waals surface area contributed by atoms with Crippen molar-refractivity contribution in [3.05, 3.63) is 48.6 Å². The first kappa shape index (κ1) is 12.1. The fourth-order valence-corrected chi connectivity index (χ4v) is 1.06. The molecule has 0 radical (unpaired) electrons. The highest BCUT2D eigenvalue weighted by molar-refractivity contribution is 5.76. The van der Waals surface area contributed by atoms with Crippen LogP contribution >= 0.6 is 0 Å². The topological polar surface area (TPSA) is 24.7 Å². The van der Waals surface area contributed by atoms with Gasteiger partial charge in [-0.15, -0.1) is 0 Å². The van der Waals surface area contributed by atoms with E-state index in [4.69, 9.17) is 0 Å². The van der Waals surface area contributed by atoms with Crippen molar-refractivity contribution in [1.29, 1.82) is 0 Å². The van der Waals surface area contributed by atoms with Crippen molar-refractivity contribution >= 4 is 23.8 Å². The summed E-state index contributed by atoms with van der Waals surface area (Å²) in [6, 6.07) is 7.79. The molecule has 0 fully saturated rings. The minimum absolute atomic E-state index is 0.933. The molecule has 0 unspecified atom stereocenters. The highest BCUT2D eigenvalue weighted by atomic mass is 14.7. The van der Waals surface area contributed by atoms with Gasteiger partial charge in [0.1, 0.15) is 0 Å². The zero-order chi connectivity index (χ0) is 11.6. The van der Waals surface area contributed by atoms with Gasteiger partial charge in [0.25, 0.3) is 0 Å². The second-order valence-corrected chi connectivity index (χ2v) is 3.12. The Bertz CT molecular complexity index is 368. The normalized spacial score (nSPS) is 12.6. The molecule has 0 aromatic heterocycles. The van der Waals surface area contributed by atoms with E-state index < -0.39 is 0 Å². The minimum atomic E-state index is 0.933. The lowest BCUT2D eigenvalue weighted by Crippen LogP contribution is -1.68. The maximum Gasteiger partial charge on any atom is 0.0631 e. The number of hydrogen-bond acceptors (Lipinski definition) is 2. The van der Waals surface area contributed by atoms with Crippen molar-refractivity contribution in [3.8, 4) is 0 Å². The van der Waals surface area contributed by atoms with Gasteiger partial charge in [0.2, 0.25) is 0 Å². The van der Waals surface area contributed by atoms with E-state index in [1.165, 1.54) is 0 Å². The summed E-state index contributed by atoms with van der Waals surface area (Å²) in [5, 5.41) is 0. The van der Waals surface area contributed by atoms with Crippen molar-refractivity contribution in [2.75, 3.05) is 0 Å². The minimum Gasteiger partial charge on any atom is -0.257 e. The highest BCUT2D eigenvalue weighted by Crippen LogP contribution is 2.17. The molecule has 1 aromatic carbocycles.